The van der Waals surface area contributed by atoms with Crippen LogP contribution >= 0.6 is 23.4 Å². The first-order chi connectivity index (χ1) is 8.22. The molecule has 5 nitrogen and oxygen atoms in total. The maximum atomic E-state index is 6.08. The zero-order valence-corrected chi connectivity index (χ0v) is 11.3. The van der Waals surface area contributed by atoms with Crippen LogP contribution in [0.15, 0.2) is 6.20 Å². The van der Waals surface area contributed by atoms with Gasteiger partial charge in [0.05, 0.1) is 23.9 Å². The van der Waals surface area contributed by atoms with E-state index in [9.17, 15) is 0 Å². The van der Waals surface area contributed by atoms with E-state index in [1.807, 2.05) is 7.05 Å². The molecule has 0 aliphatic carbocycles. The number of halogens is 1. The van der Waals surface area contributed by atoms with E-state index in [-0.39, 0.29) is 0 Å². The Morgan fingerprint density at radius 2 is 2.29 bits per heavy atom. The second-order valence-corrected chi connectivity index (χ2v) is 4.94. The van der Waals surface area contributed by atoms with Crippen molar-refractivity contribution in [1.29, 1.82) is 0 Å². The van der Waals surface area contributed by atoms with Crippen molar-refractivity contribution < 1.29 is 4.74 Å². The molecule has 0 radical (unpaired) electrons. The number of nitrogens with zero attached hydrogens (tertiary/aromatic N) is 4. The van der Waals surface area contributed by atoms with Crippen molar-refractivity contribution in [1.82, 2.24) is 19.7 Å². The Bertz CT molecular complexity index is 516. The Morgan fingerprint density at radius 3 is 3.06 bits per heavy atom. The number of aromatic nitrogens is 4. The van der Waals surface area contributed by atoms with E-state index in [4.69, 9.17) is 16.3 Å². The van der Waals surface area contributed by atoms with Crippen LogP contribution < -0.4 is 0 Å². The molecule has 92 valence electrons. The predicted molar refractivity (Wildman–Crippen MR) is 69.4 cm³/mol. The van der Waals surface area contributed by atoms with Gasteiger partial charge in [-0.1, -0.05) is 11.6 Å². The molecule has 0 amide bonds. The number of methoxy groups -OCH3 is 1. The Labute approximate surface area is 109 Å². The zero-order valence-electron chi connectivity index (χ0n) is 9.68. The summed E-state index contributed by atoms with van der Waals surface area (Å²) < 4.78 is 6.68. The summed E-state index contributed by atoms with van der Waals surface area (Å²) in [7, 11) is 3.53. The Hall–Kier alpha value is -0.850. The second kappa shape index (κ2) is 5.66. The van der Waals surface area contributed by atoms with Gasteiger partial charge < -0.3 is 4.74 Å². The van der Waals surface area contributed by atoms with E-state index in [0.717, 1.165) is 35.0 Å². The van der Waals surface area contributed by atoms with E-state index in [1.54, 1.807) is 29.8 Å². The van der Waals surface area contributed by atoms with Crippen molar-refractivity contribution >= 4 is 34.4 Å². The molecular formula is C10H13ClN4OS. The van der Waals surface area contributed by atoms with Crippen molar-refractivity contribution in [2.75, 3.05) is 19.5 Å². The highest BCUT2D eigenvalue weighted by atomic mass is 35.5. The lowest BCUT2D eigenvalue weighted by Gasteiger charge is -2.02. The second-order valence-electron chi connectivity index (χ2n) is 3.48. The lowest BCUT2D eigenvalue weighted by atomic mass is 10.4. The molecule has 7 heteroatoms. The van der Waals surface area contributed by atoms with Crippen molar-refractivity contribution in [2.24, 2.45) is 7.05 Å². The minimum absolute atomic E-state index is 0.463. The maximum Gasteiger partial charge on any atom is 0.162 e. The predicted octanol–water partition coefficient (Wildman–Crippen LogP) is 1.90. The summed E-state index contributed by atoms with van der Waals surface area (Å²) in [5.74, 6) is 2.37. The minimum atomic E-state index is 0.463. The van der Waals surface area contributed by atoms with Crippen molar-refractivity contribution in [3.05, 3.63) is 17.2 Å². The largest absolute Gasteiger partial charge is 0.384 e. The summed E-state index contributed by atoms with van der Waals surface area (Å²) in [6.07, 6.45) is 1.68. The molecule has 2 heterocycles. The molecular weight excluding hydrogens is 260 g/mol. The van der Waals surface area contributed by atoms with Crippen LogP contribution in [0.1, 0.15) is 5.82 Å². The summed E-state index contributed by atoms with van der Waals surface area (Å²) in [4.78, 5) is 8.69. The van der Waals surface area contributed by atoms with Crippen LogP contribution in [-0.2, 0) is 17.5 Å². The molecule has 0 spiro atoms. The van der Waals surface area contributed by atoms with Gasteiger partial charge in [0.15, 0.2) is 5.65 Å². The maximum absolute atomic E-state index is 6.08. The SMILES string of the molecule is COCCSCc1nc(Cl)c2cnn(C)c2n1. The summed E-state index contributed by atoms with van der Waals surface area (Å²) in [6.45, 7) is 0.729. The van der Waals surface area contributed by atoms with Gasteiger partial charge in [-0.2, -0.15) is 16.9 Å². The van der Waals surface area contributed by atoms with Gasteiger partial charge in [-0.05, 0) is 0 Å². The van der Waals surface area contributed by atoms with Crippen molar-refractivity contribution in [3.8, 4) is 0 Å². The lowest BCUT2D eigenvalue weighted by molar-refractivity contribution is 0.218. The molecule has 0 bridgehead atoms. The van der Waals surface area contributed by atoms with Crippen LogP contribution in [-0.4, -0.2) is 39.2 Å². The smallest absolute Gasteiger partial charge is 0.162 e. The van der Waals surface area contributed by atoms with Crippen LogP contribution in [0.25, 0.3) is 11.0 Å². The van der Waals surface area contributed by atoms with Crippen LogP contribution in [0.2, 0.25) is 5.15 Å². The average molecular weight is 273 g/mol. The molecule has 0 saturated heterocycles. The molecule has 2 aromatic heterocycles. The van der Waals surface area contributed by atoms with Crippen LogP contribution in [0.5, 0.6) is 0 Å². The van der Waals surface area contributed by atoms with E-state index in [2.05, 4.69) is 15.1 Å². The van der Waals surface area contributed by atoms with Gasteiger partial charge in [0.25, 0.3) is 0 Å². The molecule has 0 aromatic carbocycles. The quantitative estimate of drug-likeness (QED) is 0.615. The zero-order chi connectivity index (χ0) is 12.3. The Morgan fingerprint density at radius 1 is 1.47 bits per heavy atom. The highest BCUT2D eigenvalue weighted by molar-refractivity contribution is 7.98. The first kappa shape index (κ1) is 12.6. The third-order valence-corrected chi connectivity index (χ3v) is 3.46. The van der Waals surface area contributed by atoms with Gasteiger partial charge >= 0.3 is 0 Å². The van der Waals surface area contributed by atoms with Gasteiger partial charge in [-0.25, -0.2) is 9.97 Å². The molecule has 0 fully saturated rings. The Balaban J connectivity index is 2.15. The van der Waals surface area contributed by atoms with Gasteiger partial charge in [-0.3, -0.25) is 4.68 Å². The van der Waals surface area contributed by atoms with Crippen molar-refractivity contribution in [3.63, 3.8) is 0 Å². The number of hydrogen-bond donors (Lipinski definition) is 0. The van der Waals surface area contributed by atoms with Crippen molar-refractivity contribution in [2.45, 2.75) is 5.75 Å². The standard InChI is InChI=1S/C10H13ClN4OS/c1-15-10-7(5-12-15)9(11)13-8(14-10)6-17-4-3-16-2/h5H,3-4,6H2,1-2H3. The lowest BCUT2D eigenvalue weighted by Crippen LogP contribution is -1.99. The van der Waals surface area contributed by atoms with E-state index in [1.165, 1.54) is 0 Å². The van der Waals surface area contributed by atoms with Crippen LogP contribution in [0, 0.1) is 0 Å². The third-order valence-electron chi connectivity index (χ3n) is 2.25. The van der Waals surface area contributed by atoms with Crippen LogP contribution in [0.3, 0.4) is 0 Å². The molecule has 17 heavy (non-hydrogen) atoms. The van der Waals surface area contributed by atoms with Gasteiger partial charge in [0, 0.05) is 19.9 Å². The van der Waals surface area contributed by atoms with E-state index < -0.39 is 0 Å². The third kappa shape index (κ3) is 2.88. The topological polar surface area (TPSA) is 52.8 Å². The number of thioether (sulfide) groups is 1. The highest BCUT2D eigenvalue weighted by Crippen LogP contribution is 2.20. The van der Waals surface area contributed by atoms with Gasteiger partial charge in [0.2, 0.25) is 0 Å². The first-order valence-corrected chi connectivity index (χ1v) is 6.66. The molecule has 2 rings (SSSR count). The number of aryl methyl sites for hydroxylation is 1. The fourth-order valence-corrected chi connectivity index (χ4v) is 2.37. The molecule has 0 unspecified atom stereocenters. The number of fused-ring (bicyclic) bond motifs is 1. The molecule has 2 aromatic rings. The molecule has 0 aliphatic heterocycles. The minimum Gasteiger partial charge on any atom is -0.384 e. The average Bonchev–Trinajstić information content (AvgIpc) is 2.68. The van der Waals surface area contributed by atoms with E-state index in [0.29, 0.717) is 5.15 Å². The molecule has 0 atom stereocenters. The summed E-state index contributed by atoms with van der Waals surface area (Å²) in [5, 5.41) is 5.37. The Kier molecular flexibility index (Phi) is 4.20. The summed E-state index contributed by atoms with van der Waals surface area (Å²) in [6, 6.07) is 0. The van der Waals surface area contributed by atoms with Gasteiger partial charge in [0.1, 0.15) is 11.0 Å². The highest BCUT2D eigenvalue weighted by Gasteiger charge is 2.09. The summed E-state index contributed by atoms with van der Waals surface area (Å²) >= 11 is 7.80. The normalized spacial score (nSPS) is 11.2. The first-order valence-electron chi connectivity index (χ1n) is 5.13. The van der Waals surface area contributed by atoms with Crippen LogP contribution in [0.4, 0.5) is 0 Å². The van der Waals surface area contributed by atoms with E-state index >= 15 is 0 Å². The number of hydrogen-bond acceptors (Lipinski definition) is 5. The molecule has 0 aliphatic rings. The molecule has 0 saturated carbocycles. The molecule has 0 N–H and O–H groups in total. The fourth-order valence-electron chi connectivity index (χ4n) is 1.40. The number of rotatable bonds is 5. The van der Waals surface area contributed by atoms with Gasteiger partial charge in [-0.15, -0.1) is 0 Å². The number of ether oxygens (including phenoxy) is 1. The monoisotopic (exact) mass is 272 g/mol. The fraction of sp³-hybridized carbons (Fsp3) is 0.500. The summed E-state index contributed by atoms with van der Waals surface area (Å²) in [5.41, 5.74) is 0.771.